The molecule has 1 aliphatic rings. The summed E-state index contributed by atoms with van der Waals surface area (Å²) in [6, 6.07) is 19.6. The quantitative estimate of drug-likeness (QED) is 0.625. The average Bonchev–Trinajstić information content (AvgIpc) is 2.95. The molecule has 0 unspecified atom stereocenters. The van der Waals surface area contributed by atoms with Gasteiger partial charge in [-0.2, -0.15) is 0 Å². The Hall–Kier alpha value is -3.20. The van der Waals surface area contributed by atoms with E-state index in [0.29, 0.717) is 11.6 Å². The molecule has 3 nitrogen and oxygen atoms in total. The summed E-state index contributed by atoms with van der Waals surface area (Å²) in [5.41, 5.74) is 2.38. The van der Waals surface area contributed by atoms with Gasteiger partial charge in [0.25, 0.3) is 0 Å². The predicted molar refractivity (Wildman–Crippen MR) is 92.6 cm³/mol. The molecule has 0 saturated heterocycles. The van der Waals surface area contributed by atoms with Crippen LogP contribution in [0.1, 0.15) is 11.1 Å². The van der Waals surface area contributed by atoms with E-state index in [0.717, 1.165) is 11.1 Å². The van der Waals surface area contributed by atoms with Gasteiger partial charge in [0, 0.05) is 6.08 Å². The van der Waals surface area contributed by atoms with Crippen LogP contribution in [0.15, 0.2) is 89.6 Å². The van der Waals surface area contributed by atoms with Gasteiger partial charge in [0.15, 0.2) is 5.70 Å². The number of aliphatic imine (C=N–C) groups is 1. The van der Waals surface area contributed by atoms with Gasteiger partial charge in [0.2, 0.25) is 5.90 Å². The lowest BCUT2D eigenvalue weighted by molar-refractivity contribution is -0.129. The molecule has 3 heteroatoms. The fraction of sp³-hybridized carbons (Fsp3) is 0. The second-order valence-corrected chi connectivity index (χ2v) is 4.91. The maximum Gasteiger partial charge on any atom is 0.363 e. The summed E-state index contributed by atoms with van der Waals surface area (Å²) in [5.74, 6) is -0.131. The number of nitrogens with zero attached hydrogens (tertiary/aromatic N) is 1. The molecule has 1 aliphatic heterocycles. The van der Waals surface area contributed by atoms with Gasteiger partial charge in [-0.15, -0.1) is 0 Å². The van der Waals surface area contributed by atoms with Crippen molar-refractivity contribution in [2.24, 2.45) is 4.99 Å². The zero-order valence-corrected chi connectivity index (χ0v) is 12.4. The number of allylic oxidation sites excluding steroid dienone is 2. The fourth-order valence-corrected chi connectivity index (χ4v) is 2.06. The lowest BCUT2D eigenvalue weighted by atomic mass is 10.2. The third kappa shape index (κ3) is 4.14. The molecule has 0 aliphatic carbocycles. The minimum Gasteiger partial charge on any atom is -0.403 e. The van der Waals surface area contributed by atoms with Gasteiger partial charge in [-0.1, -0.05) is 72.8 Å². The van der Waals surface area contributed by atoms with Crippen molar-refractivity contribution < 1.29 is 9.53 Å². The monoisotopic (exact) mass is 301 g/mol. The molecule has 3 rings (SSSR count). The van der Waals surface area contributed by atoms with Gasteiger partial charge in [-0.05, 0) is 23.3 Å². The van der Waals surface area contributed by atoms with Crippen LogP contribution >= 0.6 is 0 Å². The Morgan fingerprint density at radius 2 is 1.39 bits per heavy atom. The number of cyclic esters (lactones) is 1. The van der Waals surface area contributed by atoms with Gasteiger partial charge in [0.1, 0.15) is 0 Å². The van der Waals surface area contributed by atoms with Gasteiger partial charge < -0.3 is 4.74 Å². The Kier molecular flexibility index (Phi) is 4.60. The van der Waals surface area contributed by atoms with Crippen molar-refractivity contribution in [2.75, 3.05) is 0 Å². The van der Waals surface area contributed by atoms with Gasteiger partial charge in [-0.25, -0.2) is 9.79 Å². The van der Waals surface area contributed by atoms with Crippen LogP contribution in [0.3, 0.4) is 0 Å². The molecule has 0 spiro atoms. The normalized spacial score (nSPS) is 16.3. The van der Waals surface area contributed by atoms with Crippen LogP contribution in [-0.4, -0.2) is 11.9 Å². The number of hydrogen-bond acceptors (Lipinski definition) is 3. The molecule has 0 N–H and O–H groups in total. The zero-order chi connectivity index (χ0) is 15.9. The van der Waals surface area contributed by atoms with Gasteiger partial charge in [0.05, 0.1) is 0 Å². The van der Waals surface area contributed by atoms with Crippen molar-refractivity contribution in [3.05, 3.63) is 95.7 Å². The first kappa shape index (κ1) is 14.7. The highest BCUT2D eigenvalue weighted by molar-refractivity contribution is 6.09. The number of rotatable bonds is 4. The highest BCUT2D eigenvalue weighted by Crippen LogP contribution is 2.13. The molecule has 23 heavy (non-hydrogen) atoms. The SMILES string of the molecule is O=C1OC(/C=C\c2ccccc2)=NC/1=C\C=C\c1ccccc1. The second kappa shape index (κ2) is 7.18. The first-order valence-electron chi connectivity index (χ1n) is 7.29. The topological polar surface area (TPSA) is 38.7 Å². The molecule has 0 radical (unpaired) electrons. The van der Waals surface area contributed by atoms with Crippen LogP contribution in [0.25, 0.3) is 12.2 Å². The Balaban J connectivity index is 1.70. The number of esters is 1. The highest BCUT2D eigenvalue weighted by atomic mass is 16.6. The van der Waals surface area contributed by atoms with E-state index in [-0.39, 0.29) is 0 Å². The van der Waals surface area contributed by atoms with E-state index in [1.807, 2.05) is 72.8 Å². The maximum absolute atomic E-state index is 11.8. The Bertz CT molecular complexity index is 800. The molecule has 0 aromatic heterocycles. The summed E-state index contributed by atoms with van der Waals surface area (Å²) in [7, 11) is 0. The smallest absolute Gasteiger partial charge is 0.363 e. The lowest BCUT2D eigenvalue weighted by Gasteiger charge is -1.92. The van der Waals surface area contributed by atoms with Crippen molar-refractivity contribution in [1.29, 1.82) is 0 Å². The van der Waals surface area contributed by atoms with Crippen molar-refractivity contribution in [3.63, 3.8) is 0 Å². The maximum atomic E-state index is 11.8. The Morgan fingerprint density at radius 3 is 2.04 bits per heavy atom. The summed E-state index contributed by atoms with van der Waals surface area (Å²) in [6.45, 7) is 0. The number of hydrogen-bond donors (Lipinski definition) is 0. The van der Waals surface area contributed by atoms with Crippen LogP contribution < -0.4 is 0 Å². The van der Waals surface area contributed by atoms with E-state index in [1.165, 1.54) is 0 Å². The number of carbonyl (C=O) groups excluding carboxylic acids is 1. The Labute approximate surface area is 135 Å². The molecule has 0 saturated carbocycles. The molecule has 0 bridgehead atoms. The molecule has 2 aromatic carbocycles. The van der Waals surface area contributed by atoms with Crippen molar-refractivity contribution in [3.8, 4) is 0 Å². The number of benzene rings is 2. The van der Waals surface area contributed by atoms with E-state index in [2.05, 4.69) is 4.99 Å². The summed E-state index contributed by atoms with van der Waals surface area (Å²) in [5, 5.41) is 0. The first-order chi connectivity index (χ1) is 11.3. The van der Waals surface area contributed by atoms with E-state index in [1.54, 1.807) is 18.2 Å². The van der Waals surface area contributed by atoms with Crippen LogP contribution in [0.2, 0.25) is 0 Å². The lowest BCUT2D eigenvalue weighted by Crippen LogP contribution is -2.00. The molecule has 0 atom stereocenters. The van der Waals surface area contributed by atoms with Gasteiger partial charge in [-0.3, -0.25) is 0 Å². The highest BCUT2D eigenvalue weighted by Gasteiger charge is 2.20. The number of ether oxygens (including phenoxy) is 1. The van der Waals surface area contributed by atoms with E-state index < -0.39 is 5.97 Å². The minimum absolute atomic E-state index is 0.296. The van der Waals surface area contributed by atoms with Crippen molar-refractivity contribution in [1.82, 2.24) is 0 Å². The van der Waals surface area contributed by atoms with E-state index >= 15 is 0 Å². The molecule has 2 aromatic rings. The summed E-state index contributed by atoms with van der Waals surface area (Å²) in [4.78, 5) is 15.9. The van der Waals surface area contributed by atoms with Crippen molar-refractivity contribution in [2.45, 2.75) is 0 Å². The average molecular weight is 301 g/mol. The standard InChI is InChI=1S/C20H15NO2/c22-20-18(13-7-12-16-8-3-1-4-9-16)21-19(23-20)15-14-17-10-5-2-6-11-17/h1-15H/b12-7+,15-14-,18-13-. The minimum atomic E-state index is -0.435. The summed E-state index contributed by atoms with van der Waals surface area (Å²) < 4.78 is 5.12. The zero-order valence-electron chi connectivity index (χ0n) is 12.4. The molecule has 0 fully saturated rings. The van der Waals surface area contributed by atoms with Crippen molar-refractivity contribution >= 4 is 24.0 Å². The molecular formula is C20H15NO2. The van der Waals surface area contributed by atoms with Crippen LogP contribution in [0, 0.1) is 0 Å². The second-order valence-electron chi connectivity index (χ2n) is 4.91. The van der Waals surface area contributed by atoms with Crippen LogP contribution in [0.5, 0.6) is 0 Å². The Morgan fingerprint density at radius 1 is 0.783 bits per heavy atom. The third-order valence-electron chi connectivity index (χ3n) is 3.20. The first-order valence-corrected chi connectivity index (χ1v) is 7.29. The van der Waals surface area contributed by atoms with Crippen LogP contribution in [-0.2, 0) is 9.53 Å². The third-order valence-corrected chi connectivity index (χ3v) is 3.20. The predicted octanol–water partition coefficient (Wildman–Crippen LogP) is 4.25. The van der Waals surface area contributed by atoms with Crippen LogP contribution in [0.4, 0.5) is 0 Å². The largest absolute Gasteiger partial charge is 0.403 e. The summed E-state index contributed by atoms with van der Waals surface area (Å²) >= 11 is 0. The number of carbonyl (C=O) groups is 1. The van der Waals surface area contributed by atoms with Gasteiger partial charge >= 0.3 is 5.97 Å². The molecule has 112 valence electrons. The molecular weight excluding hydrogens is 286 g/mol. The molecule has 1 heterocycles. The molecule has 0 amide bonds. The summed E-state index contributed by atoms with van der Waals surface area (Å²) in [6.07, 6.45) is 8.90. The van der Waals surface area contributed by atoms with E-state index in [4.69, 9.17) is 4.74 Å². The van der Waals surface area contributed by atoms with E-state index in [9.17, 15) is 4.79 Å². The fourth-order valence-electron chi connectivity index (χ4n) is 2.06.